The lowest BCUT2D eigenvalue weighted by atomic mass is 9.91. The van der Waals surface area contributed by atoms with Gasteiger partial charge < -0.3 is 19.5 Å². The Labute approximate surface area is 210 Å². The quantitative estimate of drug-likeness (QED) is 0.393. The largest absolute Gasteiger partial charge is 0.497 e. The van der Waals surface area contributed by atoms with Crippen LogP contribution in [0.15, 0.2) is 42.5 Å². The molecule has 1 aliphatic heterocycles. The van der Waals surface area contributed by atoms with Crippen LogP contribution in [0.2, 0.25) is 0 Å². The maximum absolute atomic E-state index is 13.5. The monoisotopic (exact) mass is 505 g/mol. The minimum atomic E-state index is -4.31. The zero-order valence-corrected chi connectivity index (χ0v) is 20.8. The predicted molar refractivity (Wildman–Crippen MR) is 132 cm³/mol. The molecule has 2 aliphatic rings. The molecular weight excluding hydrogens is 471 g/mol. The third kappa shape index (κ3) is 6.45. The fourth-order valence-corrected chi connectivity index (χ4v) is 5.10. The normalized spacial score (nSPS) is 18.5. The molecule has 2 atom stereocenters. The molecule has 196 valence electrons. The molecule has 4 rings (SSSR count). The van der Waals surface area contributed by atoms with Crippen LogP contribution in [0, 0.1) is 11.8 Å². The summed E-state index contributed by atoms with van der Waals surface area (Å²) in [6.07, 6.45) is -0.434. The number of carboxylic acids is 1. The van der Waals surface area contributed by atoms with Crippen molar-refractivity contribution in [2.24, 2.45) is 11.8 Å². The Morgan fingerprint density at radius 2 is 1.81 bits per heavy atom. The van der Waals surface area contributed by atoms with E-state index in [1.807, 2.05) is 29.2 Å². The maximum Gasteiger partial charge on any atom is 0.395 e. The molecule has 8 heteroatoms. The van der Waals surface area contributed by atoms with Gasteiger partial charge in [0.1, 0.15) is 11.5 Å². The van der Waals surface area contributed by atoms with Gasteiger partial charge in [0.15, 0.2) is 0 Å². The second-order valence-electron chi connectivity index (χ2n) is 10.0. The molecule has 2 fully saturated rings. The number of hydrogen-bond acceptors (Lipinski definition) is 4. The first-order valence-corrected chi connectivity index (χ1v) is 12.6. The smallest absolute Gasteiger partial charge is 0.395 e. The highest BCUT2D eigenvalue weighted by Crippen LogP contribution is 2.45. The van der Waals surface area contributed by atoms with E-state index in [-0.39, 0.29) is 23.8 Å². The first kappa shape index (κ1) is 26.2. The Balaban J connectivity index is 1.37. The van der Waals surface area contributed by atoms with Crippen LogP contribution in [0.25, 0.3) is 0 Å². The Bertz CT molecular complexity index is 1050. The summed E-state index contributed by atoms with van der Waals surface area (Å²) < 4.78 is 51.8. The summed E-state index contributed by atoms with van der Waals surface area (Å²) in [5.74, 6) is -0.327. The van der Waals surface area contributed by atoms with Crippen molar-refractivity contribution in [3.05, 3.63) is 53.6 Å². The number of hydrogen-bond donors (Lipinski definition) is 1. The van der Waals surface area contributed by atoms with Gasteiger partial charge in [-0.3, -0.25) is 4.79 Å². The molecule has 1 unspecified atom stereocenters. The molecule has 5 nitrogen and oxygen atoms in total. The van der Waals surface area contributed by atoms with Crippen LogP contribution in [-0.2, 0) is 4.79 Å². The number of alkyl halides is 3. The molecule has 0 aromatic heterocycles. The Kier molecular flexibility index (Phi) is 8.00. The highest BCUT2D eigenvalue weighted by molar-refractivity contribution is 5.68. The molecule has 0 amide bonds. The van der Waals surface area contributed by atoms with E-state index in [9.17, 15) is 23.1 Å². The maximum atomic E-state index is 13.5. The summed E-state index contributed by atoms with van der Waals surface area (Å²) in [7, 11) is 1.51. The highest BCUT2D eigenvalue weighted by atomic mass is 19.4. The SMILES string of the molecule is COc1ccc(C(C)C(F)(F)F)c(N2CCC(COc3cccc([C@@H](CC(=O)O)C4CC4)c3)CC2)c1. The van der Waals surface area contributed by atoms with Crippen LogP contribution in [0.5, 0.6) is 11.5 Å². The zero-order valence-electron chi connectivity index (χ0n) is 20.8. The van der Waals surface area contributed by atoms with Crippen molar-refractivity contribution in [3.63, 3.8) is 0 Å². The van der Waals surface area contributed by atoms with Gasteiger partial charge in [-0.2, -0.15) is 13.2 Å². The number of piperidine rings is 1. The van der Waals surface area contributed by atoms with E-state index in [4.69, 9.17) is 9.47 Å². The molecule has 36 heavy (non-hydrogen) atoms. The number of benzene rings is 2. The van der Waals surface area contributed by atoms with E-state index in [0.29, 0.717) is 37.1 Å². The average Bonchev–Trinajstić information content (AvgIpc) is 3.70. The van der Waals surface area contributed by atoms with Gasteiger partial charge in [0.2, 0.25) is 0 Å². The van der Waals surface area contributed by atoms with Gasteiger partial charge in [-0.05, 0) is 79.7 Å². The average molecular weight is 506 g/mol. The van der Waals surface area contributed by atoms with E-state index in [2.05, 4.69) is 0 Å². The molecular formula is C28H34F3NO4. The first-order chi connectivity index (χ1) is 17.2. The minimum Gasteiger partial charge on any atom is -0.497 e. The first-order valence-electron chi connectivity index (χ1n) is 12.6. The van der Waals surface area contributed by atoms with Crippen LogP contribution in [0.1, 0.15) is 62.0 Å². The number of methoxy groups -OCH3 is 1. The van der Waals surface area contributed by atoms with Crippen molar-refractivity contribution in [1.29, 1.82) is 0 Å². The molecule has 1 N–H and O–H groups in total. The second-order valence-corrected chi connectivity index (χ2v) is 10.0. The van der Waals surface area contributed by atoms with Gasteiger partial charge in [0, 0.05) is 24.8 Å². The lowest BCUT2D eigenvalue weighted by Gasteiger charge is -2.36. The number of rotatable bonds is 10. The van der Waals surface area contributed by atoms with Crippen molar-refractivity contribution >= 4 is 11.7 Å². The zero-order chi connectivity index (χ0) is 25.9. The standard InChI is InChI=1S/C28H34F3NO4/c1-18(28(29,30)31)24-9-8-22(35-2)15-26(24)32-12-10-19(11-13-32)17-36-23-5-3-4-21(14-23)25(16-27(33)34)20-6-7-20/h3-5,8-9,14-15,18-20,25H,6-7,10-13,16-17H2,1-2H3,(H,33,34)/t18?,25-/m0/s1. The van der Waals surface area contributed by atoms with Crippen LogP contribution in [0.4, 0.5) is 18.9 Å². The molecule has 1 heterocycles. The third-order valence-corrected chi connectivity index (χ3v) is 7.51. The van der Waals surface area contributed by atoms with Crippen molar-refractivity contribution in [3.8, 4) is 11.5 Å². The summed E-state index contributed by atoms with van der Waals surface area (Å²) >= 11 is 0. The highest BCUT2D eigenvalue weighted by Gasteiger charge is 2.39. The second kappa shape index (κ2) is 11.0. The topological polar surface area (TPSA) is 59.0 Å². The Hall–Kier alpha value is -2.90. The molecule has 1 saturated heterocycles. The number of ether oxygens (including phenoxy) is 2. The van der Waals surface area contributed by atoms with Crippen molar-refractivity contribution in [2.75, 3.05) is 31.7 Å². The number of aliphatic carboxylic acids is 1. The van der Waals surface area contributed by atoms with Crippen molar-refractivity contribution in [2.45, 2.75) is 57.0 Å². The lowest BCUT2D eigenvalue weighted by molar-refractivity contribution is -0.146. The van der Waals surface area contributed by atoms with Gasteiger partial charge in [-0.25, -0.2) is 0 Å². The van der Waals surface area contributed by atoms with E-state index < -0.39 is 18.1 Å². The summed E-state index contributed by atoms with van der Waals surface area (Å²) in [6, 6.07) is 12.6. The molecule has 0 radical (unpaired) electrons. The summed E-state index contributed by atoms with van der Waals surface area (Å²) in [4.78, 5) is 13.3. The van der Waals surface area contributed by atoms with E-state index in [1.54, 1.807) is 12.1 Å². The van der Waals surface area contributed by atoms with Gasteiger partial charge in [0.05, 0.1) is 26.1 Å². The summed E-state index contributed by atoms with van der Waals surface area (Å²) in [6.45, 7) is 3.00. The minimum absolute atomic E-state index is 0.0189. The van der Waals surface area contributed by atoms with E-state index in [0.717, 1.165) is 37.0 Å². The number of anilines is 1. The van der Waals surface area contributed by atoms with Crippen molar-refractivity contribution in [1.82, 2.24) is 0 Å². The molecule has 2 aromatic carbocycles. The number of carbonyl (C=O) groups is 1. The molecule has 2 aromatic rings. The van der Waals surface area contributed by atoms with Crippen LogP contribution in [-0.4, -0.2) is 44.1 Å². The molecule has 0 spiro atoms. The van der Waals surface area contributed by atoms with Crippen LogP contribution >= 0.6 is 0 Å². The van der Waals surface area contributed by atoms with E-state index >= 15 is 0 Å². The molecule has 0 bridgehead atoms. The fraction of sp³-hybridized carbons (Fsp3) is 0.536. The summed E-state index contributed by atoms with van der Waals surface area (Å²) in [5.41, 5.74) is 1.86. The predicted octanol–water partition coefficient (Wildman–Crippen LogP) is 6.62. The molecule has 1 saturated carbocycles. The number of halogens is 3. The molecule has 1 aliphatic carbocycles. The van der Waals surface area contributed by atoms with Gasteiger partial charge in [-0.1, -0.05) is 18.2 Å². The van der Waals surface area contributed by atoms with Crippen LogP contribution in [0.3, 0.4) is 0 Å². The third-order valence-electron chi connectivity index (χ3n) is 7.51. The number of nitrogens with zero attached hydrogens (tertiary/aromatic N) is 1. The number of carboxylic acid groups (broad SMARTS) is 1. The summed E-state index contributed by atoms with van der Waals surface area (Å²) in [5, 5.41) is 9.29. The van der Waals surface area contributed by atoms with Gasteiger partial charge in [0.25, 0.3) is 0 Å². The van der Waals surface area contributed by atoms with Crippen molar-refractivity contribution < 1.29 is 32.5 Å². The Morgan fingerprint density at radius 1 is 1.08 bits per heavy atom. The van der Waals surface area contributed by atoms with Gasteiger partial charge >= 0.3 is 12.1 Å². The van der Waals surface area contributed by atoms with Gasteiger partial charge in [-0.15, -0.1) is 0 Å². The van der Waals surface area contributed by atoms with E-state index in [1.165, 1.54) is 20.1 Å². The Morgan fingerprint density at radius 3 is 2.42 bits per heavy atom. The lowest BCUT2D eigenvalue weighted by Crippen LogP contribution is -2.36. The van der Waals surface area contributed by atoms with Crippen LogP contribution < -0.4 is 14.4 Å². The fourth-order valence-electron chi connectivity index (χ4n) is 5.10.